The predicted molar refractivity (Wildman–Crippen MR) is 58.0 cm³/mol. The molecular weight excluding hydrogens is 224 g/mol. The zero-order chi connectivity index (χ0) is 12.8. The average Bonchev–Trinajstić information content (AvgIpc) is 2.77. The highest BCUT2D eigenvalue weighted by atomic mass is 16.5. The van der Waals surface area contributed by atoms with Crippen LogP contribution in [0.4, 0.5) is 0 Å². The van der Waals surface area contributed by atoms with E-state index in [0.29, 0.717) is 19.3 Å². The number of carboxylic acid groups (broad SMARTS) is 1. The highest BCUT2D eigenvalue weighted by Crippen LogP contribution is 2.20. The summed E-state index contributed by atoms with van der Waals surface area (Å²) in [5, 5.41) is 20.0. The standard InChI is InChI=1S/C11H16N2O4/c1-2-7(5-6-12)13-10(14)8-3-4-9(17-8)11(15)16/h7-9H,2-5H2,1H3,(H,13,14)(H,15,16). The molecule has 0 saturated carbocycles. The molecule has 0 spiro atoms. The third kappa shape index (κ3) is 3.71. The maximum Gasteiger partial charge on any atom is 0.332 e. The summed E-state index contributed by atoms with van der Waals surface area (Å²) >= 11 is 0. The van der Waals surface area contributed by atoms with Gasteiger partial charge in [0.1, 0.15) is 6.10 Å². The first kappa shape index (κ1) is 13.5. The Labute approximate surface area is 99.6 Å². The highest BCUT2D eigenvalue weighted by Gasteiger charge is 2.35. The fourth-order valence-corrected chi connectivity index (χ4v) is 1.71. The van der Waals surface area contributed by atoms with E-state index in [1.165, 1.54) is 0 Å². The summed E-state index contributed by atoms with van der Waals surface area (Å²) in [6.45, 7) is 1.87. The molecule has 17 heavy (non-hydrogen) atoms. The topological polar surface area (TPSA) is 99.4 Å². The van der Waals surface area contributed by atoms with Crippen LogP contribution < -0.4 is 5.32 Å². The molecule has 2 N–H and O–H groups in total. The van der Waals surface area contributed by atoms with Gasteiger partial charge in [0.25, 0.3) is 0 Å². The van der Waals surface area contributed by atoms with Crippen LogP contribution in [-0.4, -0.2) is 35.2 Å². The van der Waals surface area contributed by atoms with Crippen molar-refractivity contribution < 1.29 is 19.4 Å². The molecule has 3 unspecified atom stereocenters. The highest BCUT2D eigenvalue weighted by molar-refractivity contribution is 5.82. The summed E-state index contributed by atoms with van der Waals surface area (Å²) in [4.78, 5) is 22.4. The molecule has 0 radical (unpaired) electrons. The number of nitrogens with zero attached hydrogens (tertiary/aromatic N) is 1. The van der Waals surface area contributed by atoms with Crippen molar-refractivity contribution in [2.24, 2.45) is 0 Å². The molecule has 1 rings (SSSR count). The lowest BCUT2D eigenvalue weighted by molar-refractivity contribution is -0.151. The van der Waals surface area contributed by atoms with Gasteiger partial charge in [-0.1, -0.05) is 6.92 Å². The second kappa shape index (κ2) is 6.21. The fourth-order valence-electron chi connectivity index (χ4n) is 1.71. The third-order valence-corrected chi connectivity index (χ3v) is 2.76. The molecule has 0 aliphatic carbocycles. The minimum absolute atomic E-state index is 0.194. The number of aliphatic carboxylic acids is 1. The van der Waals surface area contributed by atoms with E-state index in [2.05, 4.69) is 5.32 Å². The summed E-state index contributed by atoms with van der Waals surface area (Å²) in [5.41, 5.74) is 0. The number of carbonyl (C=O) groups is 2. The van der Waals surface area contributed by atoms with Crippen molar-refractivity contribution in [1.82, 2.24) is 5.32 Å². The third-order valence-electron chi connectivity index (χ3n) is 2.76. The molecule has 3 atom stereocenters. The second-order valence-electron chi connectivity index (χ2n) is 4.00. The Morgan fingerprint density at radius 3 is 2.65 bits per heavy atom. The van der Waals surface area contributed by atoms with Gasteiger partial charge >= 0.3 is 5.97 Å². The van der Waals surface area contributed by atoms with Gasteiger partial charge in [0.15, 0.2) is 6.10 Å². The van der Waals surface area contributed by atoms with E-state index >= 15 is 0 Å². The monoisotopic (exact) mass is 240 g/mol. The molecule has 1 fully saturated rings. The maximum absolute atomic E-state index is 11.7. The van der Waals surface area contributed by atoms with Crippen molar-refractivity contribution in [1.29, 1.82) is 5.26 Å². The number of nitrogens with one attached hydrogen (secondary N) is 1. The van der Waals surface area contributed by atoms with Crippen LogP contribution >= 0.6 is 0 Å². The molecule has 1 aliphatic heterocycles. The Morgan fingerprint density at radius 1 is 1.53 bits per heavy atom. The molecule has 1 aliphatic rings. The van der Waals surface area contributed by atoms with Gasteiger partial charge in [0.2, 0.25) is 5.91 Å². The van der Waals surface area contributed by atoms with Crippen molar-refractivity contribution in [2.45, 2.75) is 50.9 Å². The number of ether oxygens (including phenoxy) is 1. The van der Waals surface area contributed by atoms with Crippen molar-refractivity contribution in [3.63, 3.8) is 0 Å². The molecule has 6 nitrogen and oxygen atoms in total. The van der Waals surface area contributed by atoms with Crippen LogP contribution in [0, 0.1) is 11.3 Å². The lowest BCUT2D eigenvalue weighted by Crippen LogP contribution is -2.41. The minimum Gasteiger partial charge on any atom is -0.479 e. The van der Waals surface area contributed by atoms with Gasteiger partial charge in [-0.05, 0) is 19.3 Å². The molecule has 0 aromatic rings. The Bertz CT molecular complexity index is 337. The first-order valence-electron chi connectivity index (χ1n) is 5.64. The SMILES string of the molecule is CCC(CC#N)NC(=O)C1CCC(C(=O)O)O1. The Hall–Kier alpha value is -1.61. The van der Waals surface area contributed by atoms with Gasteiger partial charge in [0.05, 0.1) is 12.5 Å². The zero-order valence-electron chi connectivity index (χ0n) is 9.68. The molecule has 0 aromatic carbocycles. The normalized spacial score (nSPS) is 24.9. The summed E-state index contributed by atoms with van der Waals surface area (Å²) in [7, 11) is 0. The van der Waals surface area contributed by atoms with E-state index in [4.69, 9.17) is 15.1 Å². The van der Waals surface area contributed by atoms with Crippen LogP contribution in [0.1, 0.15) is 32.6 Å². The van der Waals surface area contributed by atoms with Crippen molar-refractivity contribution in [3.05, 3.63) is 0 Å². The first-order chi connectivity index (χ1) is 8.08. The molecule has 1 saturated heterocycles. The fraction of sp³-hybridized carbons (Fsp3) is 0.727. The van der Waals surface area contributed by atoms with Crippen molar-refractivity contribution in [2.75, 3.05) is 0 Å². The van der Waals surface area contributed by atoms with Gasteiger partial charge < -0.3 is 15.2 Å². The average molecular weight is 240 g/mol. The van der Waals surface area contributed by atoms with Gasteiger partial charge in [-0.15, -0.1) is 0 Å². The van der Waals surface area contributed by atoms with Crippen LogP contribution in [0.5, 0.6) is 0 Å². The molecule has 0 aromatic heterocycles. The number of rotatable bonds is 5. The van der Waals surface area contributed by atoms with Crippen LogP contribution in [0.2, 0.25) is 0 Å². The number of hydrogen-bond donors (Lipinski definition) is 2. The van der Waals surface area contributed by atoms with E-state index in [1.807, 2.05) is 13.0 Å². The van der Waals surface area contributed by atoms with Gasteiger partial charge in [-0.2, -0.15) is 5.26 Å². The van der Waals surface area contributed by atoms with E-state index in [-0.39, 0.29) is 18.4 Å². The lowest BCUT2D eigenvalue weighted by atomic mass is 10.1. The largest absolute Gasteiger partial charge is 0.479 e. The summed E-state index contributed by atoms with van der Waals surface area (Å²) < 4.78 is 5.11. The summed E-state index contributed by atoms with van der Waals surface area (Å²) in [5.74, 6) is -1.36. The summed E-state index contributed by atoms with van der Waals surface area (Å²) in [6, 6.07) is 1.80. The lowest BCUT2D eigenvalue weighted by Gasteiger charge is -2.17. The number of carbonyl (C=O) groups excluding carboxylic acids is 1. The second-order valence-corrected chi connectivity index (χ2v) is 4.00. The zero-order valence-corrected chi connectivity index (χ0v) is 9.68. The number of amides is 1. The van der Waals surface area contributed by atoms with Crippen molar-refractivity contribution >= 4 is 11.9 Å². The van der Waals surface area contributed by atoms with Crippen LogP contribution in [0.3, 0.4) is 0 Å². The van der Waals surface area contributed by atoms with Crippen LogP contribution in [0.25, 0.3) is 0 Å². The smallest absolute Gasteiger partial charge is 0.332 e. The Kier molecular flexibility index (Phi) is 4.91. The van der Waals surface area contributed by atoms with Gasteiger partial charge in [-0.25, -0.2) is 4.79 Å². The van der Waals surface area contributed by atoms with E-state index in [1.54, 1.807) is 0 Å². The molecule has 94 valence electrons. The quantitative estimate of drug-likeness (QED) is 0.725. The minimum atomic E-state index is -1.04. The van der Waals surface area contributed by atoms with Crippen LogP contribution in [-0.2, 0) is 14.3 Å². The Balaban J connectivity index is 2.44. The number of carboxylic acids is 1. The molecule has 1 heterocycles. The van der Waals surface area contributed by atoms with E-state index in [0.717, 1.165) is 0 Å². The number of nitriles is 1. The van der Waals surface area contributed by atoms with Gasteiger partial charge in [0, 0.05) is 6.04 Å². The van der Waals surface area contributed by atoms with E-state index < -0.39 is 18.2 Å². The first-order valence-corrected chi connectivity index (χ1v) is 5.64. The Morgan fingerprint density at radius 2 is 2.18 bits per heavy atom. The predicted octanol–water partition coefficient (Wildman–Crippen LogP) is 0.427. The number of hydrogen-bond acceptors (Lipinski definition) is 4. The van der Waals surface area contributed by atoms with Gasteiger partial charge in [-0.3, -0.25) is 4.79 Å². The molecular formula is C11H16N2O4. The molecule has 0 bridgehead atoms. The van der Waals surface area contributed by atoms with Crippen molar-refractivity contribution in [3.8, 4) is 6.07 Å². The maximum atomic E-state index is 11.7. The molecule has 6 heteroatoms. The summed E-state index contributed by atoms with van der Waals surface area (Å²) in [6.07, 6.45) is 0.0746. The van der Waals surface area contributed by atoms with Crippen LogP contribution in [0.15, 0.2) is 0 Å². The molecule has 1 amide bonds. The van der Waals surface area contributed by atoms with E-state index in [9.17, 15) is 9.59 Å².